The number of esters is 1. The number of likely N-dealkylation sites (N-methyl/N-ethyl adjacent to an activating group) is 1. The van der Waals surface area contributed by atoms with Crippen LogP contribution in [-0.4, -0.2) is 58.4 Å². The maximum absolute atomic E-state index is 12.4. The average Bonchev–Trinajstić information content (AvgIpc) is 3.28. The minimum absolute atomic E-state index is 0.00474. The molecule has 0 aliphatic heterocycles. The Morgan fingerprint density at radius 2 is 2.04 bits per heavy atom. The van der Waals surface area contributed by atoms with Crippen molar-refractivity contribution in [3.63, 3.8) is 0 Å². The summed E-state index contributed by atoms with van der Waals surface area (Å²) in [5.41, 5.74) is 0.661. The van der Waals surface area contributed by atoms with Crippen LogP contribution in [0.1, 0.15) is 27.1 Å². The Bertz CT molecular complexity index is 1040. The van der Waals surface area contributed by atoms with Gasteiger partial charge in [0, 0.05) is 24.5 Å². The van der Waals surface area contributed by atoms with Crippen molar-refractivity contribution in [3.8, 4) is 0 Å². The highest BCUT2D eigenvalue weighted by atomic mass is 32.1. The molecule has 0 saturated heterocycles. The van der Waals surface area contributed by atoms with Crippen LogP contribution >= 0.6 is 11.3 Å². The zero-order valence-corrected chi connectivity index (χ0v) is 16.4. The molecule has 0 bridgehead atoms. The van der Waals surface area contributed by atoms with Crippen LogP contribution in [0.5, 0.6) is 0 Å². The van der Waals surface area contributed by atoms with Crippen LogP contribution in [0.25, 0.3) is 10.1 Å². The zero-order valence-electron chi connectivity index (χ0n) is 15.6. The number of rotatable bonds is 6. The lowest BCUT2D eigenvalue weighted by atomic mass is 10.2. The SMILES string of the molecule is CCOC(=O)c1cc2cc(NC(=O)c3cn(CC(=O)N(C)C)nn3)ccc2s1. The van der Waals surface area contributed by atoms with Crippen LogP contribution in [-0.2, 0) is 16.1 Å². The van der Waals surface area contributed by atoms with E-state index in [1.807, 2.05) is 6.07 Å². The molecular formula is C18H19N5O4S. The molecule has 0 fully saturated rings. The molecule has 2 amide bonds. The molecule has 0 saturated carbocycles. The summed E-state index contributed by atoms with van der Waals surface area (Å²) in [5.74, 6) is -0.959. The highest BCUT2D eigenvalue weighted by Crippen LogP contribution is 2.28. The van der Waals surface area contributed by atoms with Gasteiger partial charge in [-0.05, 0) is 36.6 Å². The molecule has 0 atom stereocenters. The molecule has 0 spiro atoms. The highest BCUT2D eigenvalue weighted by Gasteiger charge is 2.15. The molecule has 1 aromatic carbocycles. The summed E-state index contributed by atoms with van der Waals surface area (Å²) in [5, 5.41) is 11.2. The van der Waals surface area contributed by atoms with Gasteiger partial charge in [0.25, 0.3) is 5.91 Å². The number of ether oxygens (including phenoxy) is 1. The van der Waals surface area contributed by atoms with Gasteiger partial charge < -0.3 is 15.0 Å². The van der Waals surface area contributed by atoms with E-state index in [0.29, 0.717) is 17.2 Å². The van der Waals surface area contributed by atoms with Gasteiger partial charge >= 0.3 is 5.97 Å². The van der Waals surface area contributed by atoms with Crippen molar-refractivity contribution in [2.45, 2.75) is 13.5 Å². The van der Waals surface area contributed by atoms with Gasteiger partial charge in [-0.1, -0.05) is 5.21 Å². The Balaban J connectivity index is 1.71. The molecule has 0 aliphatic carbocycles. The summed E-state index contributed by atoms with van der Waals surface area (Å²) in [6, 6.07) is 7.07. The van der Waals surface area contributed by atoms with E-state index in [0.717, 1.165) is 10.1 Å². The van der Waals surface area contributed by atoms with E-state index >= 15 is 0 Å². The molecule has 3 rings (SSSR count). The van der Waals surface area contributed by atoms with Gasteiger partial charge in [0.15, 0.2) is 5.69 Å². The first-order valence-corrected chi connectivity index (χ1v) is 9.31. The van der Waals surface area contributed by atoms with Gasteiger partial charge in [-0.2, -0.15) is 0 Å². The lowest BCUT2D eigenvalue weighted by Crippen LogP contribution is -2.26. The van der Waals surface area contributed by atoms with Gasteiger partial charge in [-0.15, -0.1) is 16.4 Å². The molecule has 1 N–H and O–H groups in total. The first-order chi connectivity index (χ1) is 13.4. The first-order valence-electron chi connectivity index (χ1n) is 8.49. The fourth-order valence-corrected chi connectivity index (χ4v) is 3.32. The number of hydrogen-bond donors (Lipinski definition) is 1. The molecule has 9 nitrogen and oxygen atoms in total. The Morgan fingerprint density at radius 3 is 2.75 bits per heavy atom. The lowest BCUT2D eigenvalue weighted by Gasteiger charge is -2.08. The summed E-state index contributed by atoms with van der Waals surface area (Å²) < 4.78 is 7.23. The van der Waals surface area contributed by atoms with E-state index in [1.165, 1.54) is 27.1 Å². The van der Waals surface area contributed by atoms with Crippen LogP contribution in [0.4, 0.5) is 5.69 Å². The van der Waals surface area contributed by atoms with Gasteiger partial charge in [-0.3, -0.25) is 9.59 Å². The summed E-state index contributed by atoms with van der Waals surface area (Å²) in [4.78, 5) is 37.9. The van der Waals surface area contributed by atoms with Crippen molar-refractivity contribution in [1.29, 1.82) is 0 Å². The second-order valence-electron chi connectivity index (χ2n) is 6.13. The van der Waals surface area contributed by atoms with Crippen molar-refractivity contribution < 1.29 is 19.1 Å². The summed E-state index contributed by atoms with van der Waals surface area (Å²) in [6.45, 7) is 2.07. The fourth-order valence-electron chi connectivity index (χ4n) is 2.38. The quantitative estimate of drug-likeness (QED) is 0.633. The Labute approximate surface area is 164 Å². The van der Waals surface area contributed by atoms with E-state index in [-0.39, 0.29) is 24.1 Å². The zero-order chi connectivity index (χ0) is 20.3. The van der Waals surface area contributed by atoms with Crippen molar-refractivity contribution in [3.05, 3.63) is 41.0 Å². The van der Waals surface area contributed by atoms with Crippen LogP contribution in [0, 0.1) is 0 Å². The standard InChI is InChI=1S/C18H19N5O4S/c1-4-27-18(26)15-8-11-7-12(5-6-14(11)28-15)19-17(25)13-9-23(21-20-13)10-16(24)22(2)3/h5-9H,4,10H2,1-3H3,(H,19,25). The maximum atomic E-state index is 12.4. The molecule has 0 radical (unpaired) electrons. The number of nitrogens with zero attached hydrogens (tertiary/aromatic N) is 4. The second-order valence-corrected chi connectivity index (χ2v) is 7.21. The normalized spacial score (nSPS) is 10.7. The van der Waals surface area contributed by atoms with Crippen LogP contribution in [0.2, 0.25) is 0 Å². The number of nitrogens with one attached hydrogen (secondary N) is 1. The van der Waals surface area contributed by atoms with E-state index in [9.17, 15) is 14.4 Å². The smallest absolute Gasteiger partial charge is 0.348 e. The Kier molecular flexibility index (Phi) is 5.69. The summed E-state index contributed by atoms with van der Waals surface area (Å²) in [7, 11) is 3.28. The topological polar surface area (TPSA) is 106 Å². The molecule has 2 heterocycles. The number of amides is 2. The Morgan fingerprint density at radius 1 is 1.25 bits per heavy atom. The second kappa shape index (κ2) is 8.17. The lowest BCUT2D eigenvalue weighted by molar-refractivity contribution is -0.129. The van der Waals surface area contributed by atoms with Crippen LogP contribution in [0.15, 0.2) is 30.5 Å². The molecular weight excluding hydrogens is 382 g/mol. The maximum Gasteiger partial charge on any atom is 0.348 e. The third kappa shape index (κ3) is 4.34. The number of benzene rings is 1. The third-order valence-electron chi connectivity index (χ3n) is 3.82. The Hall–Kier alpha value is -3.27. The monoisotopic (exact) mass is 401 g/mol. The van der Waals surface area contributed by atoms with Gasteiger partial charge in [-0.25, -0.2) is 9.48 Å². The average molecular weight is 401 g/mol. The minimum atomic E-state index is -0.441. The predicted molar refractivity (Wildman–Crippen MR) is 104 cm³/mol. The molecule has 3 aromatic rings. The van der Waals surface area contributed by atoms with Crippen LogP contribution in [0.3, 0.4) is 0 Å². The number of aromatic nitrogens is 3. The number of anilines is 1. The fraction of sp³-hybridized carbons (Fsp3) is 0.278. The summed E-state index contributed by atoms with van der Waals surface area (Å²) in [6.07, 6.45) is 1.42. The van der Waals surface area contributed by atoms with Crippen molar-refractivity contribution in [2.24, 2.45) is 0 Å². The predicted octanol–water partition coefficient (Wildman–Crippen LogP) is 2.01. The molecule has 0 aliphatic rings. The van der Waals surface area contributed by atoms with Crippen LogP contribution < -0.4 is 5.32 Å². The number of carbonyl (C=O) groups excluding carboxylic acids is 3. The molecule has 0 unspecified atom stereocenters. The molecule has 2 aromatic heterocycles. The first kappa shape index (κ1) is 19.5. The van der Waals surface area contributed by atoms with E-state index < -0.39 is 5.91 Å². The van der Waals surface area contributed by atoms with Crippen molar-refractivity contribution in [1.82, 2.24) is 19.9 Å². The van der Waals surface area contributed by atoms with Crippen molar-refractivity contribution in [2.75, 3.05) is 26.0 Å². The number of hydrogen-bond acceptors (Lipinski definition) is 7. The highest BCUT2D eigenvalue weighted by molar-refractivity contribution is 7.20. The molecule has 146 valence electrons. The minimum Gasteiger partial charge on any atom is -0.462 e. The van der Waals surface area contributed by atoms with E-state index in [1.54, 1.807) is 39.2 Å². The van der Waals surface area contributed by atoms with Gasteiger partial charge in [0.1, 0.15) is 11.4 Å². The number of fused-ring (bicyclic) bond motifs is 1. The van der Waals surface area contributed by atoms with Gasteiger partial charge in [0.05, 0.1) is 12.8 Å². The third-order valence-corrected chi connectivity index (χ3v) is 4.91. The molecule has 10 heteroatoms. The number of thiophene rings is 1. The summed E-state index contributed by atoms with van der Waals surface area (Å²) >= 11 is 1.33. The van der Waals surface area contributed by atoms with Gasteiger partial charge in [0.2, 0.25) is 5.91 Å². The largest absolute Gasteiger partial charge is 0.462 e. The number of carbonyl (C=O) groups is 3. The van der Waals surface area contributed by atoms with E-state index in [2.05, 4.69) is 15.6 Å². The van der Waals surface area contributed by atoms with E-state index in [4.69, 9.17) is 4.74 Å². The van der Waals surface area contributed by atoms with Crippen molar-refractivity contribution >= 4 is 44.9 Å². The molecule has 28 heavy (non-hydrogen) atoms.